The van der Waals surface area contributed by atoms with E-state index in [1.165, 1.54) is 12.2 Å². The quantitative estimate of drug-likeness (QED) is 0.214. The van der Waals surface area contributed by atoms with E-state index in [1.54, 1.807) is 11.0 Å². The normalized spacial score (nSPS) is 15.4. The van der Waals surface area contributed by atoms with Crippen molar-refractivity contribution in [2.24, 2.45) is 20.0 Å². The molecule has 10 nitrogen and oxygen atoms in total. The van der Waals surface area contributed by atoms with Gasteiger partial charge in [0.05, 0.1) is 22.7 Å². The first-order valence-corrected chi connectivity index (χ1v) is 14.5. The number of fused-ring (bicyclic) bond motifs is 3. The molecule has 0 spiro atoms. The van der Waals surface area contributed by atoms with Crippen LogP contribution in [0, 0.1) is 18.3 Å². The Morgan fingerprint density at radius 2 is 1.43 bits per heavy atom. The lowest BCUT2D eigenvalue weighted by Gasteiger charge is -2.32. The summed E-state index contributed by atoms with van der Waals surface area (Å²) in [5.41, 5.74) is 26.1. The molecule has 0 bridgehead atoms. The molecule has 0 atom stereocenters. The average molecular weight is 605 g/mol. The van der Waals surface area contributed by atoms with E-state index in [2.05, 4.69) is 6.07 Å². The molecule has 6 N–H and O–H groups in total. The van der Waals surface area contributed by atoms with Crippen LogP contribution in [-0.2, 0) is 6.42 Å². The van der Waals surface area contributed by atoms with Crippen molar-refractivity contribution in [3.05, 3.63) is 113 Å². The predicted octanol–water partition coefficient (Wildman–Crippen LogP) is 6.03. The lowest BCUT2D eigenvalue weighted by atomic mass is 9.92. The highest BCUT2D eigenvalue weighted by atomic mass is 19.1. The van der Waals surface area contributed by atoms with E-state index < -0.39 is 5.83 Å². The third kappa shape index (κ3) is 4.31. The molecule has 1 aromatic heterocycles. The Bertz CT molecular complexity index is 2360. The number of benzene rings is 4. The van der Waals surface area contributed by atoms with Crippen molar-refractivity contribution in [1.82, 2.24) is 9.47 Å². The summed E-state index contributed by atoms with van der Waals surface area (Å²) in [7, 11) is 0. The van der Waals surface area contributed by atoms with Crippen molar-refractivity contribution < 1.29 is 4.39 Å². The third-order valence-corrected chi connectivity index (χ3v) is 8.23. The van der Waals surface area contributed by atoms with Crippen LogP contribution in [0.4, 0.5) is 21.5 Å². The molecule has 0 aliphatic carbocycles. The summed E-state index contributed by atoms with van der Waals surface area (Å²) in [6.07, 6.45) is 2.98. The molecule has 0 fully saturated rings. The highest BCUT2D eigenvalue weighted by Gasteiger charge is 2.33. The summed E-state index contributed by atoms with van der Waals surface area (Å²) in [5, 5.41) is 11.3. The number of hydrogen-bond acceptors (Lipinski definition) is 9. The molecule has 5 aromatic rings. The van der Waals surface area contributed by atoms with Gasteiger partial charge < -0.3 is 17.2 Å². The van der Waals surface area contributed by atoms with E-state index >= 15 is 4.39 Å². The number of nitrogen functional groups attached to an aromatic ring is 3. The Kier molecular flexibility index (Phi) is 5.88. The van der Waals surface area contributed by atoms with Gasteiger partial charge in [-0.05, 0) is 89.8 Å². The zero-order valence-corrected chi connectivity index (χ0v) is 24.5. The van der Waals surface area contributed by atoms with E-state index in [9.17, 15) is 5.26 Å². The second-order valence-electron chi connectivity index (χ2n) is 11.3. The number of hydrogen-bond donors (Lipinski definition) is 3. The number of amidine groups is 2. The lowest BCUT2D eigenvalue weighted by Crippen LogP contribution is -2.42. The number of rotatable bonds is 3. The molecule has 0 saturated carbocycles. The molecule has 4 aromatic carbocycles. The van der Waals surface area contributed by atoms with Crippen LogP contribution in [0.5, 0.6) is 0 Å². The molecular weight excluding hydrogens is 579 g/mol. The minimum absolute atomic E-state index is 0.303. The van der Waals surface area contributed by atoms with Crippen molar-refractivity contribution in [2.75, 3.05) is 17.2 Å². The number of nitrogens with zero attached hydrogens (tertiary/aromatic N) is 7. The van der Waals surface area contributed by atoms with E-state index in [-0.39, 0.29) is 0 Å². The van der Waals surface area contributed by atoms with Crippen molar-refractivity contribution in [1.29, 1.82) is 5.26 Å². The standard InChI is InChI=1S/C35H25FN10/c1-18-2-3-19(17-37)10-25(18)26-14-22(38)5-4-20(26)11-31-41-32-12-21(36)13-33-43-35(44-34(42-31)46(32)33)45-29-8-6-23(39)15-27(29)28-16-24(40)7-9-30(28)45/h2-10,12-16H,11,38-40H2,1H3. The van der Waals surface area contributed by atoms with Gasteiger partial charge in [0.25, 0.3) is 0 Å². The molecule has 3 aliphatic heterocycles. The minimum Gasteiger partial charge on any atom is -0.399 e. The monoisotopic (exact) mass is 604 g/mol. The van der Waals surface area contributed by atoms with E-state index in [1.807, 2.05) is 78.2 Å². The van der Waals surface area contributed by atoms with Gasteiger partial charge in [-0.2, -0.15) is 20.2 Å². The first-order valence-electron chi connectivity index (χ1n) is 14.5. The summed E-state index contributed by atoms with van der Waals surface area (Å²) in [5.74, 6) is 1.18. The number of aliphatic imine (C=N–C) groups is 4. The van der Waals surface area contributed by atoms with E-state index in [0.29, 0.717) is 58.5 Å². The number of aryl methyl sites for hydroxylation is 1. The highest BCUT2D eigenvalue weighted by molar-refractivity contribution is 6.23. The lowest BCUT2D eigenvalue weighted by molar-refractivity contribution is 0.630. The Hall–Kier alpha value is -6.54. The van der Waals surface area contributed by atoms with Crippen LogP contribution in [0.2, 0.25) is 0 Å². The Labute approximate surface area is 262 Å². The van der Waals surface area contributed by atoms with Gasteiger partial charge in [0.2, 0.25) is 11.9 Å². The summed E-state index contributed by atoms with van der Waals surface area (Å²) in [4.78, 5) is 20.9. The molecule has 222 valence electrons. The fourth-order valence-corrected chi connectivity index (χ4v) is 6.12. The second-order valence-corrected chi connectivity index (χ2v) is 11.3. The fraction of sp³-hybridized carbons (Fsp3) is 0.0571. The number of anilines is 3. The van der Waals surface area contributed by atoms with Crippen molar-refractivity contribution >= 4 is 62.5 Å². The van der Waals surface area contributed by atoms with Crippen LogP contribution in [0.3, 0.4) is 0 Å². The predicted molar refractivity (Wildman–Crippen MR) is 182 cm³/mol. The third-order valence-electron chi connectivity index (χ3n) is 8.23. The van der Waals surface area contributed by atoms with E-state index in [0.717, 1.165) is 44.1 Å². The number of allylic oxidation sites excluding steroid dienone is 2. The van der Waals surface area contributed by atoms with Gasteiger partial charge in [-0.1, -0.05) is 12.1 Å². The number of halogens is 1. The first kappa shape index (κ1) is 27.0. The van der Waals surface area contributed by atoms with Crippen LogP contribution >= 0.6 is 0 Å². The van der Waals surface area contributed by atoms with Gasteiger partial charge in [-0.25, -0.2) is 14.3 Å². The number of nitriles is 1. The number of nitrogens with two attached hydrogens (primary N) is 3. The van der Waals surface area contributed by atoms with E-state index in [4.69, 9.17) is 37.2 Å². The SMILES string of the molecule is Cc1ccc(C#N)cc1-c1cc(N)ccc1CC1=NC2=NC(n3c4ccc(N)cc4c4cc(N)ccc43)=NC3=CC(F)=CC(=N1)N32. The Morgan fingerprint density at radius 1 is 0.739 bits per heavy atom. The molecule has 4 heterocycles. The molecule has 11 heteroatoms. The zero-order chi connectivity index (χ0) is 31.7. The molecule has 0 saturated heterocycles. The molecule has 3 aliphatic rings. The molecule has 46 heavy (non-hydrogen) atoms. The van der Waals surface area contributed by atoms with Gasteiger partial charge in [0.1, 0.15) is 23.3 Å². The van der Waals surface area contributed by atoms with Gasteiger partial charge >= 0.3 is 0 Å². The number of aromatic nitrogens is 1. The summed E-state index contributed by atoms with van der Waals surface area (Å²) < 4.78 is 17.0. The first-order chi connectivity index (χ1) is 22.2. The molecule has 8 rings (SSSR count). The second kappa shape index (κ2) is 10.0. The summed E-state index contributed by atoms with van der Waals surface area (Å²) in [6, 6.07) is 24.6. The van der Waals surface area contributed by atoms with Gasteiger partial charge in [0, 0.05) is 46.4 Å². The van der Waals surface area contributed by atoms with Crippen LogP contribution < -0.4 is 17.2 Å². The van der Waals surface area contributed by atoms with Gasteiger partial charge in [-0.3, -0.25) is 4.57 Å². The van der Waals surface area contributed by atoms with Crippen LogP contribution in [-0.4, -0.2) is 33.1 Å². The maximum absolute atomic E-state index is 15.1. The van der Waals surface area contributed by atoms with Gasteiger partial charge in [-0.15, -0.1) is 0 Å². The fourth-order valence-electron chi connectivity index (χ4n) is 6.12. The summed E-state index contributed by atoms with van der Waals surface area (Å²) >= 11 is 0. The Balaban J connectivity index is 1.28. The zero-order valence-electron chi connectivity index (χ0n) is 24.5. The maximum atomic E-state index is 15.1. The molecule has 0 unspecified atom stereocenters. The largest absolute Gasteiger partial charge is 0.399 e. The van der Waals surface area contributed by atoms with Crippen LogP contribution in [0.15, 0.2) is 117 Å². The van der Waals surface area contributed by atoms with Crippen molar-refractivity contribution in [3.63, 3.8) is 0 Å². The molecule has 0 amide bonds. The maximum Gasteiger partial charge on any atom is 0.242 e. The smallest absolute Gasteiger partial charge is 0.242 e. The highest BCUT2D eigenvalue weighted by Crippen LogP contribution is 2.35. The van der Waals surface area contributed by atoms with Crippen LogP contribution in [0.25, 0.3) is 32.9 Å². The summed E-state index contributed by atoms with van der Waals surface area (Å²) in [6.45, 7) is 1.98. The van der Waals surface area contributed by atoms with Crippen LogP contribution in [0.1, 0.15) is 16.7 Å². The average Bonchev–Trinajstić information content (AvgIpc) is 3.34. The Morgan fingerprint density at radius 3 is 2.15 bits per heavy atom. The van der Waals surface area contributed by atoms with Gasteiger partial charge in [0.15, 0.2) is 0 Å². The minimum atomic E-state index is -0.490. The topological polar surface area (TPSA) is 159 Å². The number of guanidine groups is 1. The molecular formula is C35H25FN10. The van der Waals surface area contributed by atoms with Crippen molar-refractivity contribution in [3.8, 4) is 17.2 Å². The van der Waals surface area contributed by atoms with Crippen molar-refractivity contribution in [2.45, 2.75) is 13.3 Å². The molecule has 0 radical (unpaired) electrons.